The lowest BCUT2D eigenvalue weighted by atomic mass is 9.92. The topological polar surface area (TPSA) is 100 Å². The van der Waals surface area contributed by atoms with Gasteiger partial charge < -0.3 is 19.4 Å². The van der Waals surface area contributed by atoms with Crippen molar-refractivity contribution < 1.29 is 29.0 Å². The number of para-hydroxylation sites is 2. The molecule has 0 saturated carbocycles. The molecule has 35 heavy (non-hydrogen) atoms. The maximum absolute atomic E-state index is 13.8. The van der Waals surface area contributed by atoms with Crippen LogP contribution in [-0.4, -0.2) is 29.0 Å². The number of anilines is 1. The Morgan fingerprint density at radius 2 is 1.77 bits per heavy atom. The summed E-state index contributed by atoms with van der Waals surface area (Å²) in [6.45, 7) is 1.84. The van der Waals surface area contributed by atoms with Crippen LogP contribution in [0.25, 0.3) is 11.0 Å². The van der Waals surface area contributed by atoms with Crippen LogP contribution in [0.1, 0.15) is 27.7 Å². The molecule has 1 aliphatic rings. The van der Waals surface area contributed by atoms with Gasteiger partial charge in [-0.2, -0.15) is 0 Å². The summed E-state index contributed by atoms with van der Waals surface area (Å²) in [5.74, 6) is -2.09. The fraction of sp³-hybridized carbons (Fsp3) is 0.111. The van der Waals surface area contributed by atoms with Gasteiger partial charge >= 0.3 is 0 Å². The zero-order valence-corrected chi connectivity index (χ0v) is 19.5. The number of aromatic hydroxyl groups is 1. The summed E-state index contributed by atoms with van der Waals surface area (Å²) in [7, 11) is 1.46. The maximum Gasteiger partial charge on any atom is 0.294 e. The van der Waals surface area contributed by atoms with Crippen LogP contribution in [0.4, 0.5) is 5.69 Å². The number of fused-ring (bicyclic) bond motifs is 1. The number of carbonyl (C=O) groups is 2. The van der Waals surface area contributed by atoms with Gasteiger partial charge in [-0.3, -0.25) is 14.5 Å². The molecule has 1 aromatic heterocycles. The van der Waals surface area contributed by atoms with Gasteiger partial charge in [-0.25, -0.2) is 0 Å². The first-order valence-corrected chi connectivity index (χ1v) is 11.1. The van der Waals surface area contributed by atoms with Crippen molar-refractivity contribution in [3.63, 3.8) is 0 Å². The normalized spacial score (nSPS) is 15.8. The first-order chi connectivity index (χ1) is 16.8. The number of phenols is 1. The van der Waals surface area contributed by atoms with E-state index in [9.17, 15) is 19.8 Å². The van der Waals surface area contributed by atoms with Crippen LogP contribution in [0.3, 0.4) is 0 Å². The average Bonchev–Trinajstić information content (AvgIpc) is 3.38. The van der Waals surface area contributed by atoms with E-state index in [-0.39, 0.29) is 22.8 Å². The molecule has 0 aliphatic carbocycles. The summed E-state index contributed by atoms with van der Waals surface area (Å²) in [6.07, 6.45) is 0. The van der Waals surface area contributed by atoms with Gasteiger partial charge in [0.15, 0.2) is 22.9 Å². The third-order valence-corrected chi connectivity index (χ3v) is 6.29. The highest BCUT2D eigenvalue weighted by molar-refractivity contribution is 6.31. The van der Waals surface area contributed by atoms with E-state index >= 15 is 0 Å². The minimum absolute atomic E-state index is 0.0902. The van der Waals surface area contributed by atoms with Gasteiger partial charge in [-0.1, -0.05) is 48.0 Å². The Balaban J connectivity index is 1.70. The minimum atomic E-state index is -0.997. The van der Waals surface area contributed by atoms with Crippen LogP contribution in [-0.2, 0) is 4.79 Å². The highest BCUT2D eigenvalue weighted by atomic mass is 35.5. The molecule has 8 heteroatoms. The molecule has 0 fully saturated rings. The number of halogens is 1. The van der Waals surface area contributed by atoms with Gasteiger partial charge in [0.05, 0.1) is 24.4 Å². The molecule has 0 saturated heterocycles. The first-order valence-electron chi connectivity index (χ1n) is 10.7. The number of rotatable bonds is 5. The summed E-state index contributed by atoms with van der Waals surface area (Å²) < 4.78 is 11.1. The van der Waals surface area contributed by atoms with Crippen LogP contribution in [0.2, 0.25) is 5.02 Å². The molecule has 1 atom stereocenters. The number of ketones is 1. The van der Waals surface area contributed by atoms with Gasteiger partial charge in [0.2, 0.25) is 5.78 Å². The number of phenolic OH excluding ortho intramolecular Hbond substituents is 1. The number of hydrogen-bond donors (Lipinski definition) is 2. The molecule has 1 aliphatic heterocycles. The number of ether oxygens (including phenoxy) is 1. The number of carbonyl (C=O) groups excluding carboxylic acids is 2. The number of furan rings is 1. The maximum atomic E-state index is 13.8. The lowest BCUT2D eigenvalue weighted by Crippen LogP contribution is -2.31. The fourth-order valence-electron chi connectivity index (χ4n) is 4.42. The van der Waals surface area contributed by atoms with Crippen molar-refractivity contribution in [3.8, 4) is 11.5 Å². The Morgan fingerprint density at radius 1 is 1.06 bits per heavy atom. The monoisotopic (exact) mass is 489 g/mol. The summed E-state index contributed by atoms with van der Waals surface area (Å²) in [6, 6.07) is 17.2. The first kappa shape index (κ1) is 22.6. The third kappa shape index (κ3) is 3.61. The number of aryl methyl sites for hydroxylation is 1. The minimum Gasteiger partial charge on any atom is -0.506 e. The lowest BCUT2D eigenvalue weighted by molar-refractivity contribution is -0.117. The van der Waals surface area contributed by atoms with Crippen LogP contribution in [0, 0.1) is 6.92 Å². The van der Waals surface area contributed by atoms with Crippen molar-refractivity contribution in [1.82, 2.24) is 0 Å². The van der Waals surface area contributed by atoms with E-state index < -0.39 is 23.5 Å². The van der Waals surface area contributed by atoms with Gasteiger partial charge in [0, 0.05) is 16.5 Å². The van der Waals surface area contributed by atoms with Crippen molar-refractivity contribution in [2.45, 2.75) is 13.0 Å². The van der Waals surface area contributed by atoms with E-state index in [0.717, 1.165) is 5.56 Å². The zero-order valence-electron chi connectivity index (χ0n) is 18.8. The Bertz CT molecular complexity index is 1540. The van der Waals surface area contributed by atoms with Crippen LogP contribution < -0.4 is 9.64 Å². The fourth-order valence-corrected chi connectivity index (χ4v) is 4.64. The molecule has 3 aromatic carbocycles. The van der Waals surface area contributed by atoms with Crippen molar-refractivity contribution in [2.24, 2.45) is 0 Å². The van der Waals surface area contributed by atoms with Gasteiger partial charge in [-0.05, 0) is 42.3 Å². The molecule has 0 spiro atoms. The van der Waals surface area contributed by atoms with Gasteiger partial charge in [0.25, 0.3) is 5.91 Å². The van der Waals surface area contributed by atoms with Crippen LogP contribution >= 0.6 is 11.6 Å². The highest BCUT2D eigenvalue weighted by Crippen LogP contribution is 2.45. The molecule has 1 unspecified atom stereocenters. The van der Waals surface area contributed by atoms with Crippen LogP contribution in [0.15, 0.2) is 82.5 Å². The zero-order chi connectivity index (χ0) is 24.9. The second-order valence-corrected chi connectivity index (χ2v) is 8.59. The second kappa shape index (κ2) is 8.52. The molecule has 2 heterocycles. The van der Waals surface area contributed by atoms with Crippen molar-refractivity contribution in [1.29, 1.82) is 0 Å². The average molecular weight is 490 g/mol. The number of nitrogens with zero attached hydrogens (tertiary/aromatic N) is 1. The standard InChI is InChI=1S/C27H20ClNO6/c1-14-7-3-4-8-17(14)23-22(25(32)27(33)29(23)18-9-5-6-10-19(18)30)24(31)20-12-15-11-16(28)13-21(34-2)26(15)35-20/h3-13,23,30,32H,1-2H3. The number of aliphatic hydroxyl groups excluding tert-OH is 1. The highest BCUT2D eigenvalue weighted by Gasteiger charge is 2.46. The number of methoxy groups -OCH3 is 1. The lowest BCUT2D eigenvalue weighted by Gasteiger charge is -2.28. The Morgan fingerprint density at radius 3 is 2.49 bits per heavy atom. The van der Waals surface area contributed by atoms with Gasteiger partial charge in [-0.15, -0.1) is 0 Å². The molecular formula is C27H20ClNO6. The quantitative estimate of drug-likeness (QED) is 0.339. The van der Waals surface area contributed by atoms with Crippen molar-refractivity contribution in [2.75, 3.05) is 12.0 Å². The molecule has 2 N–H and O–H groups in total. The second-order valence-electron chi connectivity index (χ2n) is 8.15. The predicted octanol–water partition coefficient (Wildman–Crippen LogP) is 5.89. The number of aliphatic hydroxyl groups is 1. The van der Waals surface area contributed by atoms with E-state index in [1.165, 1.54) is 24.1 Å². The number of benzene rings is 3. The number of amides is 1. The summed E-state index contributed by atoms with van der Waals surface area (Å²) >= 11 is 6.15. The number of hydrogen-bond acceptors (Lipinski definition) is 6. The van der Waals surface area contributed by atoms with E-state index in [0.29, 0.717) is 27.3 Å². The molecule has 0 bridgehead atoms. The Kier molecular flexibility index (Phi) is 5.49. The molecular weight excluding hydrogens is 470 g/mol. The SMILES string of the molecule is COc1cc(Cl)cc2cc(C(=O)C3=C(O)C(=O)N(c4ccccc4O)C3c3ccccc3C)oc12. The third-order valence-electron chi connectivity index (χ3n) is 6.07. The summed E-state index contributed by atoms with van der Waals surface area (Å²) in [4.78, 5) is 28.3. The summed E-state index contributed by atoms with van der Waals surface area (Å²) in [5, 5.41) is 22.4. The Labute approximate surface area is 205 Å². The molecule has 7 nitrogen and oxygen atoms in total. The van der Waals surface area contributed by atoms with E-state index in [1.807, 2.05) is 19.1 Å². The molecule has 0 radical (unpaired) electrons. The van der Waals surface area contributed by atoms with E-state index in [4.69, 9.17) is 20.8 Å². The predicted molar refractivity (Wildman–Crippen MR) is 131 cm³/mol. The van der Waals surface area contributed by atoms with Crippen LogP contribution in [0.5, 0.6) is 11.5 Å². The molecule has 4 aromatic rings. The molecule has 1 amide bonds. The summed E-state index contributed by atoms with van der Waals surface area (Å²) in [5.41, 5.74) is 1.74. The van der Waals surface area contributed by atoms with Crippen molar-refractivity contribution >= 4 is 39.9 Å². The number of Topliss-reactive ketones (excluding diaryl/α,β-unsaturated/α-hetero) is 1. The largest absolute Gasteiger partial charge is 0.506 e. The van der Waals surface area contributed by atoms with E-state index in [1.54, 1.807) is 42.5 Å². The Hall–Kier alpha value is -4.23. The van der Waals surface area contributed by atoms with Gasteiger partial charge in [0.1, 0.15) is 5.75 Å². The molecule has 176 valence electrons. The smallest absolute Gasteiger partial charge is 0.294 e. The van der Waals surface area contributed by atoms with Crippen molar-refractivity contribution in [3.05, 3.63) is 100.0 Å². The van der Waals surface area contributed by atoms with E-state index in [2.05, 4.69) is 0 Å². The molecule has 5 rings (SSSR count).